The van der Waals surface area contributed by atoms with Gasteiger partial charge in [-0.15, -0.1) is 0 Å². The minimum Gasteiger partial charge on any atom is -0.367 e. The van der Waals surface area contributed by atoms with Gasteiger partial charge in [-0.05, 0) is 50.2 Å². The Bertz CT molecular complexity index is 1190. The van der Waals surface area contributed by atoms with Crippen LogP contribution in [0.5, 0.6) is 0 Å². The molecule has 3 aromatic rings. The molecule has 3 heterocycles. The molecular weight excluding hydrogens is 390 g/mol. The summed E-state index contributed by atoms with van der Waals surface area (Å²) < 4.78 is 1.78. The van der Waals surface area contributed by atoms with Crippen molar-refractivity contribution in [3.05, 3.63) is 64.2 Å². The van der Waals surface area contributed by atoms with Gasteiger partial charge in [-0.2, -0.15) is 0 Å². The van der Waals surface area contributed by atoms with Gasteiger partial charge < -0.3 is 15.1 Å². The summed E-state index contributed by atoms with van der Waals surface area (Å²) in [4.78, 5) is 35.2. The third kappa shape index (κ3) is 3.81. The largest absolute Gasteiger partial charge is 0.367 e. The minimum atomic E-state index is -0.192. The molecule has 2 aliphatic heterocycles. The van der Waals surface area contributed by atoms with E-state index in [0.29, 0.717) is 16.5 Å². The summed E-state index contributed by atoms with van der Waals surface area (Å²) in [5, 5.41) is 3.64. The van der Waals surface area contributed by atoms with Crippen LogP contribution in [0.3, 0.4) is 0 Å². The molecule has 0 spiro atoms. The highest BCUT2D eigenvalue weighted by Crippen LogP contribution is 2.27. The summed E-state index contributed by atoms with van der Waals surface area (Å²) in [5.41, 5.74) is 2.93. The van der Waals surface area contributed by atoms with Crippen LogP contribution in [0.15, 0.2) is 47.3 Å². The average Bonchev–Trinajstić information content (AvgIpc) is 2.80. The second-order valence-corrected chi connectivity index (χ2v) is 8.44. The molecule has 0 unspecified atom stereocenters. The monoisotopic (exact) mass is 417 g/mol. The molecule has 7 nitrogen and oxygen atoms in total. The van der Waals surface area contributed by atoms with E-state index in [9.17, 15) is 9.59 Å². The average molecular weight is 418 g/mol. The lowest BCUT2D eigenvalue weighted by Crippen LogP contribution is -2.44. The van der Waals surface area contributed by atoms with Crippen molar-refractivity contribution >= 4 is 28.2 Å². The normalized spacial score (nSPS) is 16.9. The van der Waals surface area contributed by atoms with Crippen molar-refractivity contribution in [3.63, 3.8) is 0 Å². The Labute approximate surface area is 181 Å². The van der Waals surface area contributed by atoms with E-state index >= 15 is 0 Å². The summed E-state index contributed by atoms with van der Waals surface area (Å²) >= 11 is 0. The second-order valence-electron chi connectivity index (χ2n) is 8.44. The van der Waals surface area contributed by atoms with Gasteiger partial charge in [0.2, 0.25) is 0 Å². The summed E-state index contributed by atoms with van der Waals surface area (Å²) in [6.45, 7) is 4.58. The number of amides is 1. The first-order chi connectivity index (χ1) is 15.1. The quantitative estimate of drug-likeness (QED) is 0.710. The Morgan fingerprint density at radius 3 is 2.65 bits per heavy atom. The number of nitrogens with zero attached hydrogens (tertiary/aromatic N) is 4. The maximum atomic E-state index is 13.1. The van der Waals surface area contributed by atoms with Gasteiger partial charge >= 0.3 is 0 Å². The number of anilines is 2. The van der Waals surface area contributed by atoms with Crippen LogP contribution in [-0.2, 0) is 13.0 Å². The summed E-state index contributed by atoms with van der Waals surface area (Å²) in [7, 11) is 2.13. The van der Waals surface area contributed by atoms with Crippen LogP contribution in [0.4, 0.5) is 11.4 Å². The molecule has 0 aliphatic carbocycles. The van der Waals surface area contributed by atoms with Crippen LogP contribution in [0.25, 0.3) is 10.9 Å². The molecule has 160 valence electrons. The van der Waals surface area contributed by atoms with Crippen molar-refractivity contribution in [2.75, 3.05) is 43.4 Å². The van der Waals surface area contributed by atoms with Crippen LogP contribution in [0, 0.1) is 0 Å². The molecule has 0 saturated carbocycles. The predicted octanol–water partition coefficient (Wildman–Crippen LogP) is 2.74. The third-order valence-corrected chi connectivity index (χ3v) is 6.32. The molecule has 2 aromatic carbocycles. The van der Waals surface area contributed by atoms with Crippen molar-refractivity contribution in [1.29, 1.82) is 0 Å². The minimum absolute atomic E-state index is 0.00734. The fourth-order valence-corrected chi connectivity index (χ4v) is 4.48. The lowest BCUT2D eigenvalue weighted by atomic mass is 10.1. The number of hydrogen-bond donors (Lipinski definition) is 1. The number of carbonyl (C=O) groups is 1. The SMILES string of the molecule is CN1CCN(c2ccccc2NC(=O)c2ccc3c(=O)n4c(nc3c2)CCCC4)CC1. The van der Waals surface area contributed by atoms with Crippen molar-refractivity contribution in [2.24, 2.45) is 0 Å². The zero-order valence-corrected chi connectivity index (χ0v) is 17.8. The van der Waals surface area contributed by atoms with Gasteiger partial charge in [0.25, 0.3) is 11.5 Å². The molecule has 0 radical (unpaired) electrons. The van der Waals surface area contributed by atoms with Crippen LogP contribution < -0.4 is 15.8 Å². The number of aromatic nitrogens is 2. The fourth-order valence-electron chi connectivity index (χ4n) is 4.48. The van der Waals surface area contributed by atoms with E-state index in [0.717, 1.165) is 69.2 Å². The second kappa shape index (κ2) is 8.15. The van der Waals surface area contributed by atoms with E-state index in [1.165, 1.54) is 0 Å². The van der Waals surface area contributed by atoms with E-state index < -0.39 is 0 Å². The van der Waals surface area contributed by atoms with Crippen LogP contribution in [-0.4, -0.2) is 53.6 Å². The molecule has 1 amide bonds. The zero-order valence-electron chi connectivity index (χ0n) is 17.8. The Morgan fingerprint density at radius 1 is 1.00 bits per heavy atom. The lowest BCUT2D eigenvalue weighted by molar-refractivity contribution is 0.102. The van der Waals surface area contributed by atoms with Gasteiger partial charge in [0.1, 0.15) is 5.82 Å². The lowest BCUT2D eigenvalue weighted by Gasteiger charge is -2.35. The van der Waals surface area contributed by atoms with Crippen molar-refractivity contribution < 1.29 is 4.79 Å². The first-order valence-electron chi connectivity index (χ1n) is 11.0. The van der Waals surface area contributed by atoms with Gasteiger partial charge in [-0.3, -0.25) is 14.2 Å². The highest BCUT2D eigenvalue weighted by molar-refractivity contribution is 6.07. The number of aryl methyl sites for hydroxylation is 1. The molecule has 1 saturated heterocycles. The van der Waals surface area contributed by atoms with Crippen LogP contribution in [0.1, 0.15) is 29.0 Å². The number of benzene rings is 2. The van der Waals surface area contributed by atoms with Crippen LogP contribution >= 0.6 is 0 Å². The fraction of sp³-hybridized carbons (Fsp3) is 0.375. The summed E-state index contributed by atoms with van der Waals surface area (Å²) in [6, 6.07) is 13.1. The zero-order chi connectivity index (χ0) is 21.4. The molecule has 5 rings (SSSR count). The van der Waals surface area contributed by atoms with Crippen LogP contribution in [0.2, 0.25) is 0 Å². The van der Waals surface area contributed by atoms with Crippen molar-refractivity contribution in [2.45, 2.75) is 25.8 Å². The summed E-state index contributed by atoms with van der Waals surface area (Å²) in [6.07, 6.45) is 2.86. The smallest absolute Gasteiger partial charge is 0.261 e. The number of hydrogen-bond acceptors (Lipinski definition) is 5. The Morgan fingerprint density at radius 2 is 1.81 bits per heavy atom. The number of likely N-dealkylation sites (N-methyl/N-ethyl adjacent to an activating group) is 1. The number of rotatable bonds is 3. The number of para-hydroxylation sites is 2. The first kappa shape index (κ1) is 19.8. The molecule has 1 fully saturated rings. The van der Waals surface area contributed by atoms with Gasteiger partial charge in [0.15, 0.2) is 0 Å². The van der Waals surface area contributed by atoms with Crippen molar-refractivity contribution in [1.82, 2.24) is 14.5 Å². The molecule has 1 N–H and O–H groups in total. The Kier molecular flexibility index (Phi) is 5.19. The number of piperazine rings is 1. The molecule has 7 heteroatoms. The topological polar surface area (TPSA) is 70.5 Å². The summed E-state index contributed by atoms with van der Waals surface area (Å²) in [5.74, 6) is 0.629. The van der Waals surface area contributed by atoms with E-state index in [2.05, 4.69) is 28.2 Å². The number of carbonyl (C=O) groups excluding carboxylic acids is 1. The number of fused-ring (bicyclic) bond motifs is 2. The van der Waals surface area contributed by atoms with Crippen molar-refractivity contribution in [3.8, 4) is 0 Å². The van der Waals surface area contributed by atoms with E-state index in [-0.39, 0.29) is 11.5 Å². The van der Waals surface area contributed by atoms with E-state index in [1.807, 2.05) is 18.2 Å². The van der Waals surface area contributed by atoms with Gasteiger partial charge in [-0.25, -0.2) is 4.98 Å². The highest BCUT2D eigenvalue weighted by Gasteiger charge is 2.19. The predicted molar refractivity (Wildman–Crippen MR) is 123 cm³/mol. The molecule has 31 heavy (non-hydrogen) atoms. The van der Waals surface area contributed by atoms with Gasteiger partial charge in [0.05, 0.1) is 22.3 Å². The highest BCUT2D eigenvalue weighted by atomic mass is 16.1. The van der Waals surface area contributed by atoms with Gasteiger partial charge in [-0.1, -0.05) is 12.1 Å². The molecular formula is C24H27N5O2. The van der Waals surface area contributed by atoms with E-state index in [1.54, 1.807) is 22.8 Å². The maximum Gasteiger partial charge on any atom is 0.261 e. The number of nitrogens with one attached hydrogen (secondary N) is 1. The van der Waals surface area contributed by atoms with Gasteiger partial charge in [0, 0.05) is 44.7 Å². The molecule has 0 atom stereocenters. The maximum absolute atomic E-state index is 13.1. The molecule has 2 aliphatic rings. The third-order valence-electron chi connectivity index (χ3n) is 6.32. The molecule has 0 bridgehead atoms. The standard InChI is InChI=1S/C24H27N5O2/c1-27-12-14-28(15-13-27)21-7-3-2-6-19(21)26-23(30)17-9-10-18-20(16-17)25-22-8-4-5-11-29(22)24(18)31/h2-3,6-7,9-10,16H,4-5,8,11-15H2,1H3,(H,26,30). The Balaban J connectivity index is 1.43. The van der Waals surface area contributed by atoms with E-state index in [4.69, 9.17) is 4.98 Å². The first-order valence-corrected chi connectivity index (χ1v) is 11.0. The molecule has 1 aromatic heterocycles. The Hall–Kier alpha value is -3.19.